The van der Waals surface area contributed by atoms with E-state index in [-0.39, 0.29) is 12.5 Å². The summed E-state index contributed by atoms with van der Waals surface area (Å²) in [5.41, 5.74) is 2.54. The van der Waals surface area contributed by atoms with Gasteiger partial charge in [0.1, 0.15) is 6.61 Å². The molecule has 0 fully saturated rings. The van der Waals surface area contributed by atoms with Gasteiger partial charge in [0.25, 0.3) is 0 Å². The van der Waals surface area contributed by atoms with E-state index < -0.39 is 0 Å². The summed E-state index contributed by atoms with van der Waals surface area (Å²) in [6.07, 6.45) is 0. The second-order valence-electron chi connectivity index (χ2n) is 4.38. The van der Waals surface area contributed by atoms with Gasteiger partial charge in [-0.25, -0.2) is 0 Å². The lowest BCUT2D eigenvalue weighted by molar-refractivity contribution is -0.120. The Hall–Kier alpha value is -2.57. The molecular formula is C18H17NO2. The number of hydrogen-bond acceptors (Lipinski definition) is 2. The third-order valence-electron chi connectivity index (χ3n) is 2.71. The normalized spacial score (nSPS) is 9.57. The van der Waals surface area contributed by atoms with Gasteiger partial charge in [0.05, 0.1) is 0 Å². The van der Waals surface area contributed by atoms with Gasteiger partial charge in [0.2, 0.25) is 5.91 Å². The summed E-state index contributed by atoms with van der Waals surface area (Å²) >= 11 is 0. The van der Waals surface area contributed by atoms with Crippen LogP contribution in [0.5, 0.6) is 0 Å². The molecule has 0 aromatic heterocycles. The number of ether oxygens (including phenoxy) is 1. The lowest BCUT2D eigenvalue weighted by Gasteiger charge is -2.05. The number of carbonyl (C=O) groups excluding carboxylic acids is 1. The molecule has 3 heteroatoms. The van der Waals surface area contributed by atoms with Crippen LogP contribution in [0.1, 0.15) is 18.1 Å². The molecule has 0 unspecified atom stereocenters. The molecule has 0 saturated carbocycles. The van der Waals surface area contributed by atoms with Gasteiger partial charge in [0, 0.05) is 23.4 Å². The molecule has 0 heterocycles. The zero-order chi connectivity index (χ0) is 14.9. The highest BCUT2D eigenvalue weighted by Crippen LogP contribution is 2.10. The fourth-order valence-corrected chi connectivity index (χ4v) is 1.73. The van der Waals surface area contributed by atoms with Crippen LogP contribution < -0.4 is 5.32 Å². The lowest BCUT2D eigenvalue weighted by atomic mass is 10.1. The first-order valence-corrected chi connectivity index (χ1v) is 6.82. The Bertz CT molecular complexity index is 654. The zero-order valence-corrected chi connectivity index (χ0v) is 11.9. The molecule has 0 bridgehead atoms. The molecule has 0 spiro atoms. The number of benzene rings is 2. The predicted molar refractivity (Wildman–Crippen MR) is 84.0 cm³/mol. The maximum atomic E-state index is 11.6. The van der Waals surface area contributed by atoms with E-state index in [2.05, 4.69) is 17.2 Å². The average Bonchev–Trinajstić information content (AvgIpc) is 2.52. The van der Waals surface area contributed by atoms with Gasteiger partial charge in [-0.1, -0.05) is 36.1 Å². The minimum atomic E-state index is -0.162. The predicted octanol–water partition coefficient (Wildman–Crippen LogP) is 3.06. The molecular weight excluding hydrogens is 262 g/mol. The van der Waals surface area contributed by atoms with Crippen LogP contribution in [0.2, 0.25) is 0 Å². The molecule has 0 aliphatic rings. The highest BCUT2D eigenvalue weighted by molar-refractivity contribution is 5.91. The quantitative estimate of drug-likeness (QED) is 0.874. The maximum Gasteiger partial charge on any atom is 0.250 e. The fraction of sp³-hybridized carbons (Fsp3) is 0.167. The topological polar surface area (TPSA) is 38.3 Å². The molecule has 1 N–H and O–H groups in total. The summed E-state index contributed by atoms with van der Waals surface area (Å²) < 4.78 is 5.06. The molecule has 2 aromatic rings. The molecule has 0 radical (unpaired) electrons. The summed E-state index contributed by atoms with van der Waals surface area (Å²) in [4.78, 5) is 11.6. The second-order valence-corrected chi connectivity index (χ2v) is 4.38. The molecule has 1 amide bonds. The van der Waals surface area contributed by atoms with E-state index in [0.717, 1.165) is 16.8 Å². The van der Waals surface area contributed by atoms with Crippen molar-refractivity contribution in [3.8, 4) is 11.8 Å². The van der Waals surface area contributed by atoms with E-state index >= 15 is 0 Å². The van der Waals surface area contributed by atoms with Gasteiger partial charge >= 0.3 is 0 Å². The van der Waals surface area contributed by atoms with Crippen LogP contribution in [0, 0.1) is 11.8 Å². The number of hydrogen-bond donors (Lipinski definition) is 1. The van der Waals surface area contributed by atoms with Crippen molar-refractivity contribution in [1.82, 2.24) is 0 Å². The standard InChI is InChI=1S/C18H17NO2/c1-2-21-14-18(20)19-17-10-6-9-16(13-17)12-11-15-7-4-3-5-8-15/h3-10,13H,2,14H2,1H3,(H,19,20). The summed E-state index contributed by atoms with van der Waals surface area (Å²) in [6, 6.07) is 17.2. The van der Waals surface area contributed by atoms with E-state index in [0.29, 0.717) is 6.61 Å². The fourth-order valence-electron chi connectivity index (χ4n) is 1.73. The molecule has 0 aliphatic carbocycles. The van der Waals surface area contributed by atoms with Crippen LogP contribution >= 0.6 is 0 Å². The van der Waals surface area contributed by atoms with E-state index in [4.69, 9.17) is 4.74 Å². The number of anilines is 1. The summed E-state index contributed by atoms with van der Waals surface area (Å²) in [7, 11) is 0. The van der Waals surface area contributed by atoms with Gasteiger partial charge < -0.3 is 10.1 Å². The highest BCUT2D eigenvalue weighted by Gasteiger charge is 2.01. The Balaban J connectivity index is 2.05. The monoisotopic (exact) mass is 279 g/mol. The van der Waals surface area contributed by atoms with Gasteiger partial charge in [-0.3, -0.25) is 4.79 Å². The lowest BCUT2D eigenvalue weighted by Crippen LogP contribution is -2.18. The van der Waals surface area contributed by atoms with Gasteiger partial charge in [-0.15, -0.1) is 0 Å². The van der Waals surface area contributed by atoms with Crippen LogP contribution in [0.25, 0.3) is 0 Å². The average molecular weight is 279 g/mol. The number of rotatable bonds is 4. The SMILES string of the molecule is CCOCC(=O)Nc1cccc(C#Cc2ccccc2)c1. The highest BCUT2D eigenvalue weighted by atomic mass is 16.5. The maximum absolute atomic E-state index is 11.6. The molecule has 0 saturated heterocycles. The van der Waals surface area contributed by atoms with E-state index in [1.54, 1.807) is 0 Å². The Labute approximate surface area is 125 Å². The van der Waals surface area contributed by atoms with Crippen molar-refractivity contribution < 1.29 is 9.53 Å². The first-order chi connectivity index (χ1) is 10.3. The Morgan fingerprint density at radius 3 is 2.52 bits per heavy atom. The van der Waals surface area contributed by atoms with E-state index in [1.807, 2.05) is 61.5 Å². The second kappa shape index (κ2) is 7.88. The van der Waals surface area contributed by atoms with Gasteiger partial charge in [-0.05, 0) is 37.3 Å². The van der Waals surface area contributed by atoms with E-state index in [1.165, 1.54) is 0 Å². The van der Waals surface area contributed by atoms with Crippen molar-refractivity contribution in [3.05, 3.63) is 65.7 Å². The molecule has 3 nitrogen and oxygen atoms in total. The van der Waals surface area contributed by atoms with Crippen LogP contribution in [-0.2, 0) is 9.53 Å². The Morgan fingerprint density at radius 2 is 1.76 bits per heavy atom. The van der Waals surface area contributed by atoms with Crippen molar-refractivity contribution in [1.29, 1.82) is 0 Å². The molecule has 0 atom stereocenters. The smallest absolute Gasteiger partial charge is 0.250 e. The Kier molecular flexibility index (Phi) is 5.57. The van der Waals surface area contributed by atoms with Crippen LogP contribution in [-0.4, -0.2) is 19.1 Å². The minimum Gasteiger partial charge on any atom is -0.372 e. The molecule has 2 rings (SSSR count). The first-order valence-electron chi connectivity index (χ1n) is 6.82. The summed E-state index contributed by atoms with van der Waals surface area (Å²) in [5.74, 6) is 6.01. The Morgan fingerprint density at radius 1 is 1.05 bits per heavy atom. The largest absolute Gasteiger partial charge is 0.372 e. The molecule has 106 valence electrons. The summed E-state index contributed by atoms with van der Waals surface area (Å²) in [6.45, 7) is 2.44. The summed E-state index contributed by atoms with van der Waals surface area (Å²) in [5, 5.41) is 2.78. The van der Waals surface area contributed by atoms with Crippen molar-refractivity contribution in [2.75, 3.05) is 18.5 Å². The van der Waals surface area contributed by atoms with Crippen molar-refractivity contribution in [2.45, 2.75) is 6.92 Å². The number of carbonyl (C=O) groups is 1. The van der Waals surface area contributed by atoms with Crippen molar-refractivity contribution in [2.24, 2.45) is 0 Å². The van der Waals surface area contributed by atoms with Gasteiger partial charge in [0.15, 0.2) is 0 Å². The van der Waals surface area contributed by atoms with Crippen molar-refractivity contribution >= 4 is 11.6 Å². The first kappa shape index (κ1) is 14.8. The van der Waals surface area contributed by atoms with Crippen LogP contribution in [0.4, 0.5) is 5.69 Å². The molecule has 0 aliphatic heterocycles. The third-order valence-corrected chi connectivity index (χ3v) is 2.71. The van der Waals surface area contributed by atoms with Crippen LogP contribution in [0.3, 0.4) is 0 Å². The van der Waals surface area contributed by atoms with E-state index in [9.17, 15) is 4.79 Å². The zero-order valence-electron chi connectivity index (χ0n) is 11.9. The number of nitrogens with one attached hydrogen (secondary N) is 1. The van der Waals surface area contributed by atoms with Gasteiger partial charge in [-0.2, -0.15) is 0 Å². The molecule has 21 heavy (non-hydrogen) atoms. The number of amides is 1. The van der Waals surface area contributed by atoms with Crippen LogP contribution in [0.15, 0.2) is 54.6 Å². The minimum absolute atomic E-state index is 0.0659. The molecule has 2 aromatic carbocycles. The third kappa shape index (κ3) is 5.13. The van der Waals surface area contributed by atoms with Crippen molar-refractivity contribution in [3.63, 3.8) is 0 Å².